The predicted molar refractivity (Wildman–Crippen MR) is 57.4 cm³/mol. The lowest BCUT2D eigenvalue weighted by Gasteiger charge is -2.10. The van der Waals surface area contributed by atoms with Crippen LogP contribution in [-0.2, 0) is 9.53 Å². The van der Waals surface area contributed by atoms with Crippen molar-refractivity contribution in [3.63, 3.8) is 0 Å². The maximum atomic E-state index is 11.5. The van der Waals surface area contributed by atoms with Crippen LogP contribution in [0.15, 0.2) is 12.2 Å². The van der Waals surface area contributed by atoms with Gasteiger partial charge in [-0.25, -0.2) is 0 Å². The number of ether oxygens (including phenoxy) is 1. The standard InChI is InChI=1S/C11H19NO3/c13-7-9-15-8-3-6-12-11(14)10-4-1-2-5-10/h1-2,10,13H,3-9H2,(H,12,14). The Hall–Kier alpha value is -0.870. The first kappa shape index (κ1) is 12.2. The molecule has 0 aromatic carbocycles. The van der Waals surface area contributed by atoms with Crippen molar-refractivity contribution in [3.8, 4) is 0 Å². The molecular weight excluding hydrogens is 194 g/mol. The van der Waals surface area contributed by atoms with E-state index < -0.39 is 0 Å². The molecule has 86 valence electrons. The van der Waals surface area contributed by atoms with Crippen LogP contribution in [0.5, 0.6) is 0 Å². The average molecular weight is 213 g/mol. The van der Waals surface area contributed by atoms with E-state index in [1.165, 1.54) is 0 Å². The molecule has 0 unspecified atom stereocenters. The van der Waals surface area contributed by atoms with Gasteiger partial charge in [0.1, 0.15) is 0 Å². The summed E-state index contributed by atoms with van der Waals surface area (Å²) in [5.74, 6) is 0.283. The van der Waals surface area contributed by atoms with E-state index >= 15 is 0 Å². The second kappa shape index (κ2) is 7.43. The molecule has 0 atom stereocenters. The van der Waals surface area contributed by atoms with E-state index in [2.05, 4.69) is 17.5 Å². The zero-order valence-electron chi connectivity index (χ0n) is 8.95. The summed E-state index contributed by atoms with van der Waals surface area (Å²) in [6.45, 7) is 1.67. The maximum absolute atomic E-state index is 11.5. The first-order valence-corrected chi connectivity index (χ1v) is 5.46. The van der Waals surface area contributed by atoms with Crippen LogP contribution in [0.4, 0.5) is 0 Å². The quantitative estimate of drug-likeness (QED) is 0.477. The minimum absolute atomic E-state index is 0.0557. The van der Waals surface area contributed by atoms with Gasteiger partial charge in [-0.2, -0.15) is 0 Å². The molecule has 1 aliphatic carbocycles. The molecule has 0 aliphatic heterocycles. The molecule has 1 aliphatic rings. The molecule has 0 aromatic heterocycles. The van der Waals surface area contributed by atoms with Gasteiger partial charge in [0.25, 0.3) is 0 Å². The van der Waals surface area contributed by atoms with Crippen LogP contribution >= 0.6 is 0 Å². The molecule has 0 fully saturated rings. The summed E-state index contributed by atoms with van der Waals surface area (Å²) in [6.07, 6.45) is 6.63. The molecule has 0 saturated heterocycles. The molecule has 2 N–H and O–H groups in total. The van der Waals surface area contributed by atoms with Crippen molar-refractivity contribution in [1.82, 2.24) is 5.32 Å². The van der Waals surface area contributed by atoms with E-state index in [0.29, 0.717) is 19.8 Å². The molecule has 4 heteroatoms. The van der Waals surface area contributed by atoms with E-state index in [1.54, 1.807) is 0 Å². The van der Waals surface area contributed by atoms with Gasteiger partial charge in [0, 0.05) is 19.1 Å². The number of carbonyl (C=O) groups excluding carboxylic acids is 1. The highest BCUT2D eigenvalue weighted by molar-refractivity contribution is 5.79. The van der Waals surface area contributed by atoms with E-state index in [4.69, 9.17) is 9.84 Å². The summed E-state index contributed by atoms with van der Waals surface area (Å²) in [5.41, 5.74) is 0. The van der Waals surface area contributed by atoms with Crippen molar-refractivity contribution >= 4 is 5.91 Å². The highest BCUT2D eigenvalue weighted by Crippen LogP contribution is 2.17. The maximum Gasteiger partial charge on any atom is 0.223 e. The Morgan fingerprint density at radius 1 is 1.40 bits per heavy atom. The first-order chi connectivity index (χ1) is 7.34. The van der Waals surface area contributed by atoms with E-state index in [1.807, 2.05) is 0 Å². The van der Waals surface area contributed by atoms with Crippen LogP contribution in [0, 0.1) is 5.92 Å². The number of aliphatic hydroxyl groups is 1. The van der Waals surface area contributed by atoms with Gasteiger partial charge in [-0.05, 0) is 19.3 Å². The van der Waals surface area contributed by atoms with Gasteiger partial charge in [0.2, 0.25) is 5.91 Å². The Balaban J connectivity index is 1.93. The van der Waals surface area contributed by atoms with Crippen LogP contribution < -0.4 is 5.32 Å². The predicted octanol–water partition coefficient (Wildman–Crippen LogP) is 0.468. The van der Waals surface area contributed by atoms with Gasteiger partial charge < -0.3 is 15.2 Å². The van der Waals surface area contributed by atoms with Crippen molar-refractivity contribution in [1.29, 1.82) is 0 Å². The highest BCUT2D eigenvalue weighted by Gasteiger charge is 2.17. The van der Waals surface area contributed by atoms with Crippen molar-refractivity contribution in [2.75, 3.05) is 26.4 Å². The lowest BCUT2D eigenvalue weighted by Crippen LogP contribution is -2.30. The molecule has 0 saturated carbocycles. The lowest BCUT2D eigenvalue weighted by molar-refractivity contribution is -0.124. The Kier molecular flexibility index (Phi) is 6.04. The fourth-order valence-corrected chi connectivity index (χ4v) is 1.53. The first-order valence-electron chi connectivity index (χ1n) is 5.46. The van der Waals surface area contributed by atoms with Crippen LogP contribution in [0.1, 0.15) is 19.3 Å². The van der Waals surface area contributed by atoms with Gasteiger partial charge >= 0.3 is 0 Å². The molecule has 0 aromatic rings. The van der Waals surface area contributed by atoms with Crippen molar-refractivity contribution in [3.05, 3.63) is 12.2 Å². The highest BCUT2D eigenvalue weighted by atomic mass is 16.5. The van der Waals surface area contributed by atoms with Gasteiger partial charge in [-0.15, -0.1) is 0 Å². The fourth-order valence-electron chi connectivity index (χ4n) is 1.53. The van der Waals surface area contributed by atoms with Crippen LogP contribution in [0.2, 0.25) is 0 Å². The van der Waals surface area contributed by atoms with E-state index in [0.717, 1.165) is 19.3 Å². The van der Waals surface area contributed by atoms with Crippen molar-refractivity contribution < 1.29 is 14.6 Å². The molecule has 1 amide bonds. The normalized spacial score (nSPS) is 15.8. The number of nitrogens with one attached hydrogen (secondary N) is 1. The zero-order chi connectivity index (χ0) is 10.9. The number of rotatable bonds is 7. The Labute approximate surface area is 90.3 Å². The molecule has 0 heterocycles. The third-order valence-electron chi connectivity index (χ3n) is 2.38. The number of allylic oxidation sites excluding steroid dienone is 2. The van der Waals surface area contributed by atoms with Gasteiger partial charge in [0.15, 0.2) is 0 Å². The van der Waals surface area contributed by atoms with Crippen LogP contribution in [0.25, 0.3) is 0 Å². The molecule has 0 radical (unpaired) electrons. The zero-order valence-corrected chi connectivity index (χ0v) is 8.95. The number of carbonyl (C=O) groups is 1. The topological polar surface area (TPSA) is 58.6 Å². The second-order valence-corrected chi connectivity index (χ2v) is 3.62. The number of hydrogen-bond acceptors (Lipinski definition) is 3. The molecule has 1 rings (SSSR count). The van der Waals surface area contributed by atoms with E-state index in [9.17, 15) is 4.79 Å². The van der Waals surface area contributed by atoms with Crippen LogP contribution in [-0.4, -0.2) is 37.4 Å². The second-order valence-electron chi connectivity index (χ2n) is 3.62. The van der Waals surface area contributed by atoms with Gasteiger partial charge in [-0.3, -0.25) is 4.79 Å². The number of amides is 1. The third kappa shape index (κ3) is 4.95. The largest absolute Gasteiger partial charge is 0.394 e. The van der Waals surface area contributed by atoms with Gasteiger partial charge in [-0.1, -0.05) is 12.2 Å². The molecular formula is C11H19NO3. The minimum atomic E-state index is 0.0557. The fraction of sp³-hybridized carbons (Fsp3) is 0.727. The summed E-state index contributed by atoms with van der Waals surface area (Å²) in [4.78, 5) is 11.5. The average Bonchev–Trinajstić information content (AvgIpc) is 2.76. The Bertz CT molecular complexity index is 208. The van der Waals surface area contributed by atoms with Gasteiger partial charge in [0.05, 0.1) is 13.2 Å². The monoisotopic (exact) mass is 213 g/mol. The molecule has 4 nitrogen and oxygen atoms in total. The summed E-state index contributed by atoms with van der Waals surface area (Å²) in [5, 5.41) is 11.3. The van der Waals surface area contributed by atoms with E-state index in [-0.39, 0.29) is 18.4 Å². The van der Waals surface area contributed by atoms with Crippen LogP contribution in [0.3, 0.4) is 0 Å². The Morgan fingerprint density at radius 2 is 2.13 bits per heavy atom. The smallest absolute Gasteiger partial charge is 0.223 e. The molecule has 0 bridgehead atoms. The van der Waals surface area contributed by atoms with Crippen molar-refractivity contribution in [2.24, 2.45) is 5.92 Å². The SMILES string of the molecule is O=C(NCCCOCCO)C1CC=CC1. The summed E-state index contributed by atoms with van der Waals surface area (Å²) in [7, 11) is 0. The number of aliphatic hydroxyl groups excluding tert-OH is 1. The summed E-state index contributed by atoms with van der Waals surface area (Å²) in [6, 6.07) is 0. The summed E-state index contributed by atoms with van der Waals surface area (Å²) >= 11 is 0. The third-order valence-corrected chi connectivity index (χ3v) is 2.38. The van der Waals surface area contributed by atoms with Crippen molar-refractivity contribution in [2.45, 2.75) is 19.3 Å². The molecule has 0 spiro atoms. The summed E-state index contributed by atoms with van der Waals surface area (Å²) < 4.78 is 5.08. The Morgan fingerprint density at radius 3 is 2.80 bits per heavy atom. The molecule has 15 heavy (non-hydrogen) atoms. The lowest BCUT2D eigenvalue weighted by atomic mass is 10.1. The minimum Gasteiger partial charge on any atom is -0.394 e. The number of hydrogen-bond donors (Lipinski definition) is 2.